The molecule has 0 radical (unpaired) electrons. The van der Waals surface area contributed by atoms with Crippen LogP contribution < -0.4 is 11.1 Å². The largest absolute Gasteiger partial charge is 0.399 e. The van der Waals surface area contributed by atoms with Crippen molar-refractivity contribution >= 4 is 34.2 Å². The Morgan fingerprint density at radius 1 is 1.21 bits per heavy atom. The van der Waals surface area contributed by atoms with Gasteiger partial charge in [0.05, 0.1) is 11.6 Å². The molecule has 0 saturated heterocycles. The molecule has 2 rings (SSSR count). The van der Waals surface area contributed by atoms with E-state index in [1.165, 1.54) is 0 Å². The normalized spacial score (nSPS) is 11.9. The first kappa shape index (κ1) is 13.9. The van der Waals surface area contributed by atoms with E-state index in [2.05, 4.69) is 27.9 Å². The van der Waals surface area contributed by atoms with Crippen molar-refractivity contribution in [3.63, 3.8) is 0 Å². The Morgan fingerprint density at radius 3 is 2.63 bits per heavy atom. The molecule has 0 saturated carbocycles. The molecule has 2 aromatic rings. The second kappa shape index (κ2) is 6.06. The highest BCUT2D eigenvalue weighted by Gasteiger charge is 2.13. The lowest BCUT2D eigenvalue weighted by atomic mass is 10.1. The van der Waals surface area contributed by atoms with Crippen molar-refractivity contribution in [3.05, 3.63) is 63.2 Å². The van der Waals surface area contributed by atoms with E-state index in [4.69, 9.17) is 5.73 Å². The third-order valence-electron chi connectivity index (χ3n) is 2.88. The number of nitrogen functional groups attached to an aromatic ring is 1. The molecule has 0 fully saturated rings. The summed E-state index contributed by atoms with van der Waals surface area (Å²) < 4.78 is 0.942. The third-order valence-corrected chi connectivity index (χ3v) is 3.82. The first-order chi connectivity index (χ1) is 9.08. The second-order valence-electron chi connectivity index (χ2n) is 4.35. The Kier molecular flexibility index (Phi) is 4.42. The quantitative estimate of drug-likeness (QED) is 0.647. The summed E-state index contributed by atoms with van der Waals surface area (Å²) in [6.45, 7) is 1.95. The molecule has 2 aromatic carbocycles. The maximum absolute atomic E-state index is 12.2. The van der Waals surface area contributed by atoms with Crippen LogP contribution in [0.5, 0.6) is 0 Å². The number of amides is 1. The lowest BCUT2D eigenvalue weighted by Gasteiger charge is -2.15. The first-order valence-electron chi connectivity index (χ1n) is 5.99. The Morgan fingerprint density at radius 2 is 1.95 bits per heavy atom. The fraction of sp³-hybridized carbons (Fsp3) is 0.133. The van der Waals surface area contributed by atoms with E-state index in [1.54, 1.807) is 0 Å². The van der Waals surface area contributed by atoms with Crippen LogP contribution in [0.3, 0.4) is 0 Å². The minimum absolute atomic E-state index is 0.0695. The molecule has 1 atom stereocenters. The molecule has 3 N–H and O–H groups in total. The number of carbonyl (C=O) groups excluding carboxylic acids is 1. The van der Waals surface area contributed by atoms with Crippen LogP contribution in [0, 0.1) is 3.57 Å². The predicted octanol–water partition coefficient (Wildman–Crippen LogP) is 3.36. The highest BCUT2D eigenvalue weighted by Crippen LogP contribution is 2.17. The number of carbonyl (C=O) groups is 1. The van der Waals surface area contributed by atoms with Crippen molar-refractivity contribution in [2.45, 2.75) is 13.0 Å². The molecule has 98 valence electrons. The molecular weight excluding hydrogens is 351 g/mol. The van der Waals surface area contributed by atoms with E-state index in [1.807, 2.05) is 55.5 Å². The van der Waals surface area contributed by atoms with E-state index in [9.17, 15) is 4.79 Å². The number of hydrogen-bond acceptors (Lipinski definition) is 2. The van der Waals surface area contributed by atoms with Gasteiger partial charge in [0.2, 0.25) is 0 Å². The summed E-state index contributed by atoms with van der Waals surface area (Å²) in [5.41, 5.74) is 8.14. The van der Waals surface area contributed by atoms with Gasteiger partial charge in [0.15, 0.2) is 0 Å². The molecule has 0 aliphatic carbocycles. The monoisotopic (exact) mass is 366 g/mol. The molecule has 1 amide bonds. The number of benzene rings is 2. The van der Waals surface area contributed by atoms with E-state index in [0.29, 0.717) is 11.3 Å². The van der Waals surface area contributed by atoms with Gasteiger partial charge in [-0.15, -0.1) is 0 Å². The van der Waals surface area contributed by atoms with Gasteiger partial charge >= 0.3 is 0 Å². The van der Waals surface area contributed by atoms with Crippen LogP contribution in [-0.2, 0) is 0 Å². The van der Waals surface area contributed by atoms with Crippen molar-refractivity contribution < 1.29 is 4.79 Å². The lowest BCUT2D eigenvalue weighted by Crippen LogP contribution is -2.27. The highest BCUT2D eigenvalue weighted by molar-refractivity contribution is 14.1. The van der Waals surface area contributed by atoms with Crippen LogP contribution in [0.25, 0.3) is 0 Å². The zero-order valence-electron chi connectivity index (χ0n) is 10.6. The first-order valence-corrected chi connectivity index (χ1v) is 7.06. The molecule has 0 spiro atoms. The van der Waals surface area contributed by atoms with Gasteiger partial charge in [-0.3, -0.25) is 4.79 Å². The Balaban J connectivity index is 2.13. The second-order valence-corrected chi connectivity index (χ2v) is 5.51. The zero-order chi connectivity index (χ0) is 13.8. The topological polar surface area (TPSA) is 55.1 Å². The number of hydrogen-bond donors (Lipinski definition) is 2. The fourth-order valence-electron chi connectivity index (χ4n) is 1.83. The molecule has 3 nitrogen and oxygen atoms in total. The summed E-state index contributed by atoms with van der Waals surface area (Å²) in [5, 5.41) is 2.98. The molecule has 0 aromatic heterocycles. The van der Waals surface area contributed by atoms with Gasteiger partial charge in [-0.1, -0.05) is 24.3 Å². The molecule has 19 heavy (non-hydrogen) atoms. The van der Waals surface area contributed by atoms with Crippen molar-refractivity contribution in [2.75, 3.05) is 5.73 Å². The van der Waals surface area contributed by atoms with Crippen molar-refractivity contribution in [1.29, 1.82) is 0 Å². The molecular formula is C15H15IN2O. The number of anilines is 1. The smallest absolute Gasteiger partial charge is 0.252 e. The Hall–Kier alpha value is -1.56. The van der Waals surface area contributed by atoms with Gasteiger partial charge in [-0.2, -0.15) is 0 Å². The highest BCUT2D eigenvalue weighted by atomic mass is 127. The van der Waals surface area contributed by atoms with Crippen molar-refractivity contribution in [3.8, 4) is 0 Å². The Bertz CT molecular complexity index is 598. The van der Waals surface area contributed by atoms with Gasteiger partial charge in [-0.25, -0.2) is 0 Å². The fourth-order valence-corrected chi connectivity index (χ4v) is 2.46. The predicted molar refractivity (Wildman–Crippen MR) is 85.9 cm³/mol. The number of halogens is 1. The minimum atomic E-state index is -0.0768. The molecule has 4 heteroatoms. The molecule has 0 aliphatic heterocycles. The standard InChI is InChI=1S/C15H15IN2O/c1-10(11-5-4-6-12(17)9-11)18-15(19)13-7-2-3-8-14(13)16/h2-10H,17H2,1H3,(H,18,19). The van der Waals surface area contributed by atoms with E-state index in [0.717, 1.165) is 9.13 Å². The zero-order valence-corrected chi connectivity index (χ0v) is 12.7. The summed E-state index contributed by atoms with van der Waals surface area (Å²) in [5.74, 6) is -0.0695. The van der Waals surface area contributed by atoms with Crippen LogP contribution in [0.4, 0.5) is 5.69 Å². The number of rotatable bonds is 3. The van der Waals surface area contributed by atoms with Gasteiger partial charge in [-0.05, 0) is 59.3 Å². The average Bonchev–Trinajstić information content (AvgIpc) is 2.39. The van der Waals surface area contributed by atoms with Crippen LogP contribution in [0.1, 0.15) is 28.9 Å². The summed E-state index contributed by atoms with van der Waals surface area (Å²) >= 11 is 2.16. The SMILES string of the molecule is CC(NC(=O)c1ccccc1I)c1cccc(N)c1. The van der Waals surface area contributed by atoms with Crippen LogP contribution in [0.2, 0.25) is 0 Å². The molecule has 0 bridgehead atoms. The van der Waals surface area contributed by atoms with E-state index >= 15 is 0 Å². The maximum Gasteiger partial charge on any atom is 0.252 e. The van der Waals surface area contributed by atoms with Gasteiger partial charge < -0.3 is 11.1 Å². The van der Waals surface area contributed by atoms with Crippen molar-refractivity contribution in [1.82, 2.24) is 5.32 Å². The lowest BCUT2D eigenvalue weighted by molar-refractivity contribution is 0.0939. The van der Waals surface area contributed by atoms with Crippen molar-refractivity contribution in [2.24, 2.45) is 0 Å². The summed E-state index contributed by atoms with van der Waals surface area (Å²) in [6, 6.07) is 15.0. The summed E-state index contributed by atoms with van der Waals surface area (Å²) in [7, 11) is 0. The van der Waals surface area contributed by atoms with E-state index in [-0.39, 0.29) is 11.9 Å². The van der Waals surface area contributed by atoms with E-state index < -0.39 is 0 Å². The summed E-state index contributed by atoms with van der Waals surface area (Å²) in [6.07, 6.45) is 0. The Labute approximate surface area is 126 Å². The minimum Gasteiger partial charge on any atom is -0.399 e. The molecule has 1 unspecified atom stereocenters. The summed E-state index contributed by atoms with van der Waals surface area (Å²) in [4.78, 5) is 12.2. The van der Waals surface area contributed by atoms with Crippen LogP contribution in [-0.4, -0.2) is 5.91 Å². The van der Waals surface area contributed by atoms with Gasteiger partial charge in [0.25, 0.3) is 5.91 Å². The number of nitrogens with one attached hydrogen (secondary N) is 1. The average molecular weight is 366 g/mol. The molecule has 0 aliphatic rings. The number of nitrogens with two attached hydrogens (primary N) is 1. The molecule has 0 heterocycles. The maximum atomic E-state index is 12.2. The van der Waals surface area contributed by atoms with Crippen LogP contribution in [0.15, 0.2) is 48.5 Å². The third kappa shape index (κ3) is 3.47. The van der Waals surface area contributed by atoms with Gasteiger partial charge in [0.1, 0.15) is 0 Å². The van der Waals surface area contributed by atoms with Gasteiger partial charge in [0, 0.05) is 9.26 Å². The van der Waals surface area contributed by atoms with Crippen LogP contribution >= 0.6 is 22.6 Å².